The summed E-state index contributed by atoms with van der Waals surface area (Å²) in [6, 6.07) is 13.5. The van der Waals surface area contributed by atoms with Crippen molar-refractivity contribution in [3.63, 3.8) is 0 Å². The van der Waals surface area contributed by atoms with Crippen molar-refractivity contribution in [1.82, 2.24) is 20.7 Å². The molecule has 1 saturated heterocycles. The maximum atomic E-state index is 13.8. The molecule has 154 valence electrons. The second-order valence-corrected chi connectivity index (χ2v) is 7.34. The molecule has 30 heavy (non-hydrogen) atoms. The van der Waals surface area contributed by atoms with E-state index < -0.39 is 30.2 Å². The zero-order valence-electron chi connectivity index (χ0n) is 15.8. The summed E-state index contributed by atoms with van der Waals surface area (Å²) < 4.78 is 47.2. The number of para-hydroxylation sites is 2. The highest BCUT2D eigenvalue weighted by Crippen LogP contribution is 2.42. The van der Waals surface area contributed by atoms with E-state index in [9.17, 15) is 18.0 Å². The minimum atomic E-state index is -4.55. The Labute approximate surface area is 169 Å². The largest absolute Gasteiger partial charge is 0.436 e. The molecule has 0 saturated carbocycles. The van der Waals surface area contributed by atoms with Crippen molar-refractivity contribution in [2.75, 3.05) is 0 Å². The molecule has 3 unspecified atom stereocenters. The quantitative estimate of drug-likeness (QED) is 0.671. The SMILES string of the molecule is CC1=C(c2nc3ccccc3o2)C(=O)N2NC(C(F)(F)F)C(c3ccccc3)C2N1. The number of aromatic nitrogens is 1. The number of amides is 1. The molecule has 2 N–H and O–H groups in total. The summed E-state index contributed by atoms with van der Waals surface area (Å²) in [6.07, 6.45) is -5.45. The molecule has 1 fully saturated rings. The van der Waals surface area contributed by atoms with E-state index in [-0.39, 0.29) is 11.5 Å². The van der Waals surface area contributed by atoms with Crippen LogP contribution in [0, 0.1) is 0 Å². The summed E-state index contributed by atoms with van der Waals surface area (Å²) in [5, 5.41) is 4.08. The second-order valence-electron chi connectivity index (χ2n) is 7.34. The number of hydrazine groups is 1. The number of nitrogens with zero attached hydrogens (tertiary/aromatic N) is 2. The van der Waals surface area contributed by atoms with E-state index in [2.05, 4.69) is 15.7 Å². The van der Waals surface area contributed by atoms with E-state index in [0.29, 0.717) is 22.4 Å². The van der Waals surface area contributed by atoms with Crippen LogP contribution in [0.15, 0.2) is 64.7 Å². The Hall–Kier alpha value is -3.33. The van der Waals surface area contributed by atoms with E-state index in [1.807, 2.05) is 0 Å². The molecule has 0 spiro atoms. The van der Waals surface area contributed by atoms with Crippen LogP contribution in [0.5, 0.6) is 0 Å². The maximum Gasteiger partial charge on any atom is 0.406 e. The molecule has 3 aromatic rings. The number of benzene rings is 2. The number of fused-ring (bicyclic) bond motifs is 2. The highest BCUT2D eigenvalue weighted by molar-refractivity contribution is 6.20. The van der Waals surface area contributed by atoms with Gasteiger partial charge in [0, 0.05) is 5.70 Å². The van der Waals surface area contributed by atoms with Gasteiger partial charge in [-0.15, -0.1) is 0 Å². The summed E-state index contributed by atoms with van der Waals surface area (Å²) in [5.41, 5.74) is 4.43. The van der Waals surface area contributed by atoms with Crippen LogP contribution in [0.4, 0.5) is 13.2 Å². The lowest BCUT2D eigenvalue weighted by molar-refractivity contribution is -0.161. The van der Waals surface area contributed by atoms with E-state index in [1.165, 1.54) is 0 Å². The topological polar surface area (TPSA) is 70.4 Å². The van der Waals surface area contributed by atoms with Gasteiger partial charge < -0.3 is 9.73 Å². The second kappa shape index (κ2) is 6.60. The van der Waals surface area contributed by atoms with Crippen molar-refractivity contribution in [1.29, 1.82) is 0 Å². The van der Waals surface area contributed by atoms with E-state index in [1.54, 1.807) is 61.5 Å². The van der Waals surface area contributed by atoms with Gasteiger partial charge >= 0.3 is 6.18 Å². The molecule has 0 radical (unpaired) electrons. The third-order valence-electron chi connectivity index (χ3n) is 5.47. The first-order valence-electron chi connectivity index (χ1n) is 9.39. The van der Waals surface area contributed by atoms with Crippen molar-refractivity contribution in [2.24, 2.45) is 0 Å². The number of halogens is 3. The van der Waals surface area contributed by atoms with Gasteiger partial charge in [0.2, 0.25) is 5.89 Å². The third kappa shape index (κ3) is 2.85. The number of hydrogen-bond donors (Lipinski definition) is 2. The van der Waals surface area contributed by atoms with Crippen LogP contribution in [0.25, 0.3) is 16.7 Å². The van der Waals surface area contributed by atoms with Crippen molar-refractivity contribution in [2.45, 2.75) is 31.2 Å². The fourth-order valence-electron chi connectivity index (χ4n) is 4.13. The van der Waals surface area contributed by atoms with Gasteiger partial charge in [-0.25, -0.2) is 15.4 Å². The van der Waals surface area contributed by atoms with Crippen LogP contribution in [-0.4, -0.2) is 34.3 Å². The molecular formula is C21H17F3N4O2. The van der Waals surface area contributed by atoms with Crippen molar-refractivity contribution in [3.05, 3.63) is 71.7 Å². The summed E-state index contributed by atoms with van der Waals surface area (Å²) in [6.45, 7) is 1.64. The number of carbonyl (C=O) groups is 1. The minimum Gasteiger partial charge on any atom is -0.436 e. The summed E-state index contributed by atoms with van der Waals surface area (Å²) in [4.78, 5) is 17.6. The van der Waals surface area contributed by atoms with Gasteiger partial charge in [-0.05, 0) is 24.6 Å². The monoisotopic (exact) mass is 414 g/mol. The van der Waals surface area contributed by atoms with Gasteiger partial charge in [-0.1, -0.05) is 42.5 Å². The molecule has 2 aliphatic rings. The molecule has 1 aromatic heterocycles. The lowest BCUT2D eigenvalue weighted by Gasteiger charge is -2.34. The number of oxazole rings is 1. The Morgan fingerprint density at radius 2 is 1.77 bits per heavy atom. The average molecular weight is 414 g/mol. The lowest BCUT2D eigenvalue weighted by atomic mass is 9.89. The van der Waals surface area contributed by atoms with Crippen molar-refractivity contribution < 1.29 is 22.4 Å². The first-order valence-corrected chi connectivity index (χ1v) is 9.39. The van der Waals surface area contributed by atoms with Gasteiger partial charge in [0.25, 0.3) is 5.91 Å². The molecule has 0 bridgehead atoms. The zero-order valence-corrected chi connectivity index (χ0v) is 15.8. The number of nitrogens with one attached hydrogen (secondary N) is 2. The number of hydrogen-bond acceptors (Lipinski definition) is 5. The van der Waals surface area contributed by atoms with Gasteiger partial charge in [0.15, 0.2) is 5.58 Å². The summed E-state index contributed by atoms with van der Waals surface area (Å²) in [5.74, 6) is -1.57. The Kier molecular flexibility index (Phi) is 4.11. The normalized spacial score (nSPS) is 24.3. The van der Waals surface area contributed by atoms with Gasteiger partial charge in [0.05, 0.1) is 5.92 Å². The van der Waals surface area contributed by atoms with Crippen LogP contribution < -0.4 is 10.7 Å². The molecule has 6 nitrogen and oxygen atoms in total. The van der Waals surface area contributed by atoms with E-state index >= 15 is 0 Å². The predicted octanol–water partition coefficient (Wildman–Crippen LogP) is 3.55. The highest BCUT2D eigenvalue weighted by atomic mass is 19.4. The Bertz CT molecular complexity index is 1120. The number of rotatable bonds is 2. The van der Waals surface area contributed by atoms with Crippen molar-refractivity contribution >= 4 is 22.6 Å². The average Bonchev–Trinajstić information content (AvgIpc) is 3.30. The highest BCUT2D eigenvalue weighted by Gasteiger charge is 2.58. The maximum absolute atomic E-state index is 13.8. The Balaban J connectivity index is 1.58. The van der Waals surface area contributed by atoms with Crippen LogP contribution >= 0.6 is 0 Å². The van der Waals surface area contributed by atoms with Gasteiger partial charge in [-0.2, -0.15) is 13.2 Å². The molecule has 9 heteroatoms. The number of carbonyl (C=O) groups excluding carboxylic acids is 1. The van der Waals surface area contributed by atoms with Crippen LogP contribution in [0.3, 0.4) is 0 Å². The van der Waals surface area contributed by atoms with Crippen LogP contribution in [-0.2, 0) is 4.79 Å². The number of alkyl halides is 3. The Morgan fingerprint density at radius 1 is 1.07 bits per heavy atom. The lowest BCUT2D eigenvalue weighted by Crippen LogP contribution is -2.54. The molecular weight excluding hydrogens is 397 g/mol. The van der Waals surface area contributed by atoms with Crippen molar-refractivity contribution in [3.8, 4) is 0 Å². The van der Waals surface area contributed by atoms with E-state index in [4.69, 9.17) is 4.42 Å². The van der Waals surface area contributed by atoms with Crippen LogP contribution in [0.2, 0.25) is 0 Å². The molecule has 3 atom stereocenters. The molecule has 2 aromatic carbocycles. The summed E-state index contributed by atoms with van der Waals surface area (Å²) >= 11 is 0. The van der Waals surface area contributed by atoms with E-state index in [0.717, 1.165) is 5.01 Å². The fourth-order valence-corrected chi connectivity index (χ4v) is 4.13. The third-order valence-corrected chi connectivity index (χ3v) is 5.47. The first kappa shape index (κ1) is 18.7. The molecule has 3 heterocycles. The first-order chi connectivity index (χ1) is 14.3. The molecule has 2 aliphatic heterocycles. The predicted molar refractivity (Wildman–Crippen MR) is 103 cm³/mol. The fraction of sp³-hybridized carbons (Fsp3) is 0.238. The van der Waals surface area contributed by atoms with Gasteiger partial charge in [0.1, 0.15) is 23.3 Å². The summed E-state index contributed by atoms with van der Waals surface area (Å²) in [7, 11) is 0. The molecule has 5 rings (SSSR count). The standard InChI is InChI=1S/C21H17F3N4O2/c1-11-15(19-26-13-9-5-6-10-14(13)30-19)20(29)28-18(25-11)16(12-7-3-2-4-8-12)17(27-28)21(22,23)24/h2-10,16-18,25,27H,1H3. The minimum absolute atomic E-state index is 0.0677. The Morgan fingerprint density at radius 3 is 2.47 bits per heavy atom. The van der Waals surface area contributed by atoms with Gasteiger partial charge in [-0.3, -0.25) is 4.79 Å². The van der Waals surface area contributed by atoms with Crippen LogP contribution in [0.1, 0.15) is 24.3 Å². The smallest absolute Gasteiger partial charge is 0.406 e. The zero-order chi connectivity index (χ0) is 21.0. The molecule has 1 amide bonds. The number of allylic oxidation sites excluding steroid dienone is 1. The molecule has 0 aliphatic carbocycles.